The third kappa shape index (κ3) is 3.01. The van der Waals surface area contributed by atoms with E-state index in [1.165, 1.54) is 6.92 Å². The Morgan fingerprint density at radius 3 is 2.57 bits per heavy atom. The molecular weight excluding hydrogens is 292 g/mol. The zero-order valence-electron chi connectivity index (χ0n) is 13.0. The van der Waals surface area contributed by atoms with Gasteiger partial charge in [-0.15, -0.1) is 0 Å². The molecule has 0 amide bonds. The van der Waals surface area contributed by atoms with E-state index in [9.17, 15) is 9.59 Å². The molecule has 1 aromatic heterocycles. The predicted molar refractivity (Wildman–Crippen MR) is 88.8 cm³/mol. The molecule has 0 saturated carbocycles. The molecule has 4 heteroatoms. The molecule has 0 bridgehead atoms. The number of benzene rings is 2. The zero-order chi connectivity index (χ0) is 16.4. The highest BCUT2D eigenvalue weighted by atomic mass is 16.5. The lowest BCUT2D eigenvalue weighted by atomic mass is 10.1. The molecule has 0 atom stereocenters. The molecule has 23 heavy (non-hydrogen) atoms. The molecule has 3 aromatic rings. The highest BCUT2D eigenvalue weighted by Gasteiger charge is 2.13. The second kappa shape index (κ2) is 6.08. The second-order valence-corrected chi connectivity index (χ2v) is 5.40. The summed E-state index contributed by atoms with van der Waals surface area (Å²) in [6.07, 6.45) is 0. The van der Waals surface area contributed by atoms with Crippen LogP contribution in [0.1, 0.15) is 12.5 Å². The first-order chi connectivity index (χ1) is 11.1. The average Bonchev–Trinajstić information content (AvgIpc) is 2.57. The zero-order valence-corrected chi connectivity index (χ0v) is 13.0. The average molecular weight is 308 g/mol. The fraction of sp³-hybridized carbons (Fsp3) is 0.158. The van der Waals surface area contributed by atoms with Gasteiger partial charge in [0.25, 0.3) is 0 Å². The number of hydrogen-bond acceptors (Lipinski definition) is 4. The maximum atomic E-state index is 12.5. The van der Waals surface area contributed by atoms with Crippen molar-refractivity contribution in [2.75, 3.05) is 6.61 Å². The van der Waals surface area contributed by atoms with Crippen LogP contribution in [0.4, 0.5) is 0 Å². The smallest absolute Gasteiger partial charge is 0.196 e. The fourth-order valence-corrected chi connectivity index (χ4v) is 2.41. The van der Waals surface area contributed by atoms with Gasteiger partial charge in [-0.25, -0.2) is 0 Å². The molecule has 0 unspecified atom stereocenters. The number of Topliss-reactive ketones (excluding diaryl/α,β-unsaturated/α-hetero) is 1. The predicted octanol–water partition coefficient (Wildman–Crippen LogP) is 3.74. The lowest BCUT2D eigenvalue weighted by Gasteiger charge is -2.09. The van der Waals surface area contributed by atoms with Gasteiger partial charge in [0.2, 0.25) is 0 Å². The molecule has 0 aliphatic rings. The second-order valence-electron chi connectivity index (χ2n) is 5.40. The van der Waals surface area contributed by atoms with Crippen LogP contribution in [-0.2, 0) is 4.79 Å². The van der Waals surface area contributed by atoms with Crippen molar-refractivity contribution in [1.82, 2.24) is 0 Å². The summed E-state index contributed by atoms with van der Waals surface area (Å²) >= 11 is 0. The van der Waals surface area contributed by atoms with Gasteiger partial charge in [-0.2, -0.15) is 0 Å². The number of fused-ring (bicyclic) bond motifs is 1. The molecule has 0 N–H and O–H groups in total. The minimum absolute atomic E-state index is 0.00680. The van der Waals surface area contributed by atoms with Crippen molar-refractivity contribution in [2.24, 2.45) is 0 Å². The summed E-state index contributed by atoms with van der Waals surface area (Å²) < 4.78 is 11.3. The van der Waals surface area contributed by atoms with Crippen molar-refractivity contribution in [3.63, 3.8) is 0 Å². The Hall–Kier alpha value is -2.88. The van der Waals surface area contributed by atoms with Crippen molar-refractivity contribution in [1.29, 1.82) is 0 Å². The van der Waals surface area contributed by atoms with E-state index in [1.54, 1.807) is 25.1 Å². The first-order valence-electron chi connectivity index (χ1n) is 7.31. The summed E-state index contributed by atoms with van der Waals surface area (Å²) in [5.74, 6) is 0.978. The molecule has 0 spiro atoms. The summed E-state index contributed by atoms with van der Waals surface area (Å²) in [4.78, 5) is 23.6. The van der Waals surface area contributed by atoms with Gasteiger partial charge in [0.05, 0.1) is 5.39 Å². The van der Waals surface area contributed by atoms with Crippen molar-refractivity contribution in [3.05, 3.63) is 64.3 Å². The van der Waals surface area contributed by atoms with E-state index in [1.807, 2.05) is 30.3 Å². The number of carbonyl (C=O) groups excluding carboxylic acids is 1. The van der Waals surface area contributed by atoms with Gasteiger partial charge >= 0.3 is 0 Å². The number of rotatable bonds is 4. The first kappa shape index (κ1) is 15.0. The van der Waals surface area contributed by atoms with E-state index in [-0.39, 0.29) is 17.8 Å². The highest BCUT2D eigenvalue weighted by Crippen LogP contribution is 2.27. The van der Waals surface area contributed by atoms with Gasteiger partial charge in [0.15, 0.2) is 11.2 Å². The molecule has 0 aliphatic heterocycles. The quantitative estimate of drug-likeness (QED) is 0.737. The molecule has 4 nitrogen and oxygen atoms in total. The molecule has 116 valence electrons. The molecule has 2 aromatic carbocycles. The monoisotopic (exact) mass is 308 g/mol. The minimum atomic E-state index is -0.0690. The van der Waals surface area contributed by atoms with Crippen LogP contribution in [0.5, 0.6) is 5.75 Å². The molecule has 0 saturated heterocycles. The van der Waals surface area contributed by atoms with Crippen molar-refractivity contribution in [2.45, 2.75) is 13.8 Å². The molecule has 3 rings (SSSR count). The third-order valence-corrected chi connectivity index (χ3v) is 3.57. The molecule has 0 fully saturated rings. The van der Waals surface area contributed by atoms with Crippen LogP contribution in [-0.4, -0.2) is 12.4 Å². The van der Waals surface area contributed by atoms with E-state index in [0.29, 0.717) is 28.0 Å². The lowest BCUT2D eigenvalue weighted by Crippen LogP contribution is -2.09. The third-order valence-electron chi connectivity index (χ3n) is 3.57. The maximum absolute atomic E-state index is 12.5. The topological polar surface area (TPSA) is 56.5 Å². The fourth-order valence-electron chi connectivity index (χ4n) is 2.41. The molecule has 0 aliphatic carbocycles. The van der Waals surface area contributed by atoms with Gasteiger partial charge in [0, 0.05) is 17.2 Å². The number of carbonyl (C=O) groups is 1. The number of ether oxygens (including phenoxy) is 1. The molecule has 0 radical (unpaired) electrons. The maximum Gasteiger partial charge on any atom is 0.196 e. The summed E-state index contributed by atoms with van der Waals surface area (Å²) in [7, 11) is 0. The number of ketones is 1. The van der Waals surface area contributed by atoms with Crippen LogP contribution < -0.4 is 10.2 Å². The van der Waals surface area contributed by atoms with E-state index >= 15 is 0 Å². The van der Waals surface area contributed by atoms with E-state index in [4.69, 9.17) is 9.15 Å². The van der Waals surface area contributed by atoms with Crippen LogP contribution >= 0.6 is 0 Å². The van der Waals surface area contributed by atoms with Gasteiger partial charge in [-0.05, 0) is 26.0 Å². The Labute approximate surface area is 133 Å². The Balaban J connectivity index is 2.14. The summed E-state index contributed by atoms with van der Waals surface area (Å²) in [5.41, 5.74) is 1.80. The largest absolute Gasteiger partial charge is 0.486 e. The van der Waals surface area contributed by atoms with Crippen LogP contribution in [0.2, 0.25) is 0 Å². The Bertz CT molecular complexity index is 923. The van der Waals surface area contributed by atoms with Gasteiger partial charge < -0.3 is 9.15 Å². The summed E-state index contributed by atoms with van der Waals surface area (Å²) in [6.45, 7) is 3.21. The van der Waals surface area contributed by atoms with E-state index in [0.717, 1.165) is 5.56 Å². The Morgan fingerprint density at radius 2 is 1.87 bits per heavy atom. The van der Waals surface area contributed by atoms with Gasteiger partial charge in [-0.3, -0.25) is 9.59 Å². The normalized spacial score (nSPS) is 10.7. The van der Waals surface area contributed by atoms with Crippen molar-refractivity contribution < 1.29 is 13.9 Å². The Kier molecular flexibility index (Phi) is 3.98. The van der Waals surface area contributed by atoms with E-state index < -0.39 is 0 Å². The SMILES string of the molecule is CC(=O)COc1ccc2c(=O)c(C)c(-c3ccccc3)oc2c1. The lowest BCUT2D eigenvalue weighted by molar-refractivity contribution is -0.118. The van der Waals surface area contributed by atoms with Crippen molar-refractivity contribution in [3.8, 4) is 17.1 Å². The number of hydrogen-bond donors (Lipinski definition) is 0. The van der Waals surface area contributed by atoms with Gasteiger partial charge in [0.1, 0.15) is 23.7 Å². The molecular formula is C19H16O4. The summed E-state index contributed by atoms with van der Waals surface area (Å²) in [5, 5.41) is 0.498. The van der Waals surface area contributed by atoms with Crippen LogP contribution in [0.3, 0.4) is 0 Å². The highest BCUT2D eigenvalue weighted by molar-refractivity contribution is 5.82. The van der Waals surface area contributed by atoms with Crippen LogP contribution in [0.15, 0.2) is 57.7 Å². The molecule has 1 heterocycles. The van der Waals surface area contributed by atoms with Crippen molar-refractivity contribution >= 4 is 16.8 Å². The Morgan fingerprint density at radius 1 is 1.13 bits per heavy atom. The standard InChI is InChI=1S/C19H16O4/c1-12(20)11-22-15-8-9-16-17(10-15)23-19(13(2)18(16)21)14-6-4-3-5-7-14/h3-10H,11H2,1-2H3. The van der Waals surface area contributed by atoms with Crippen LogP contribution in [0.25, 0.3) is 22.3 Å². The van der Waals surface area contributed by atoms with E-state index in [2.05, 4.69) is 0 Å². The minimum Gasteiger partial charge on any atom is -0.486 e. The summed E-state index contributed by atoms with van der Waals surface area (Å²) in [6, 6.07) is 14.5. The van der Waals surface area contributed by atoms with Gasteiger partial charge in [-0.1, -0.05) is 30.3 Å². The van der Waals surface area contributed by atoms with Crippen LogP contribution in [0, 0.1) is 6.92 Å². The first-order valence-corrected chi connectivity index (χ1v) is 7.31.